The van der Waals surface area contributed by atoms with E-state index in [4.69, 9.17) is 5.84 Å². The summed E-state index contributed by atoms with van der Waals surface area (Å²) in [6.45, 7) is 1.53. The third-order valence-corrected chi connectivity index (χ3v) is 1.20. The van der Waals surface area contributed by atoms with Crippen LogP contribution in [0.4, 0.5) is 0 Å². The molecule has 0 bridgehead atoms. The summed E-state index contributed by atoms with van der Waals surface area (Å²) in [6, 6.07) is 0.000556. The summed E-state index contributed by atoms with van der Waals surface area (Å²) in [4.78, 5) is 11.0. The van der Waals surface area contributed by atoms with Gasteiger partial charge in [0.2, 0.25) is 0 Å². The third-order valence-electron chi connectivity index (χ3n) is 1.20. The molecule has 0 unspecified atom stereocenters. The number of nitrogens with zero attached hydrogens (tertiary/aromatic N) is 3. The summed E-state index contributed by atoms with van der Waals surface area (Å²) < 4.78 is 5.45. The van der Waals surface area contributed by atoms with Crippen LogP contribution < -0.4 is 16.1 Å². The van der Waals surface area contributed by atoms with Gasteiger partial charge in [0.1, 0.15) is 5.69 Å². The summed E-state index contributed by atoms with van der Waals surface area (Å²) in [7, 11) is 1.36. The topological polar surface area (TPSA) is 83.0 Å². The van der Waals surface area contributed by atoms with Crippen LogP contribution in [0.25, 0.3) is 0 Å². The third kappa shape index (κ3) is 1.14. The highest BCUT2D eigenvalue weighted by Crippen LogP contribution is 1.94. The number of methoxy groups -OCH3 is 1. The van der Waals surface area contributed by atoms with Gasteiger partial charge in [0.25, 0.3) is 5.56 Å². The second kappa shape index (κ2) is 2.57. The summed E-state index contributed by atoms with van der Waals surface area (Å²) in [5, 5.41) is 7.04. The molecular weight excluding hydrogens is 148 g/mol. The Labute approximate surface area is 62.6 Å². The van der Waals surface area contributed by atoms with Gasteiger partial charge in [-0.1, -0.05) is 5.10 Å². The first kappa shape index (κ1) is 7.52. The van der Waals surface area contributed by atoms with Gasteiger partial charge in [0.15, 0.2) is 0 Å². The second-order valence-electron chi connectivity index (χ2n) is 1.95. The molecule has 0 atom stereocenters. The lowest BCUT2D eigenvalue weighted by Gasteiger charge is -2.02. The van der Waals surface area contributed by atoms with Gasteiger partial charge >= 0.3 is 6.01 Å². The molecule has 60 valence electrons. The molecule has 1 rings (SSSR count). The fourth-order valence-corrected chi connectivity index (χ4v) is 0.609. The SMILES string of the molecule is COc1nnc(C)c(=O)n1N. The summed E-state index contributed by atoms with van der Waals surface area (Å²) >= 11 is 0. The zero-order chi connectivity index (χ0) is 8.43. The van der Waals surface area contributed by atoms with E-state index < -0.39 is 5.56 Å². The first-order valence-electron chi connectivity index (χ1n) is 2.92. The molecule has 0 amide bonds. The Morgan fingerprint density at radius 1 is 1.55 bits per heavy atom. The monoisotopic (exact) mass is 156 g/mol. The van der Waals surface area contributed by atoms with Gasteiger partial charge in [0.05, 0.1) is 7.11 Å². The number of nitrogens with two attached hydrogens (primary N) is 1. The average Bonchev–Trinajstić information content (AvgIpc) is 2.01. The molecule has 0 saturated heterocycles. The van der Waals surface area contributed by atoms with Gasteiger partial charge in [-0.05, 0) is 6.92 Å². The molecule has 0 fully saturated rings. The van der Waals surface area contributed by atoms with Crippen molar-refractivity contribution >= 4 is 0 Å². The van der Waals surface area contributed by atoms with Crippen LogP contribution in [0.15, 0.2) is 4.79 Å². The van der Waals surface area contributed by atoms with Gasteiger partial charge in [-0.2, -0.15) is 4.68 Å². The summed E-state index contributed by atoms with van der Waals surface area (Å²) in [6.07, 6.45) is 0. The number of nitrogen functional groups attached to an aromatic ring is 1. The molecule has 0 radical (unpaired) electrons. The quantitative estimate of drug-likeness (QED) is 0.509. The molecular formula is C5H8N4O2. The van der Waals surface area contributed by atoms with Crippen molar-refractivity contribution in [1.82, 2.24) is 14.9 Å². The van der Waals surface area contributed by atoms with Gasteiger partial charge in [-0.3, -0.25) is 4.79 Å². The number of hydrogen-bond donors (Lipinski definition) is 1. The first-order valence-corrected chi connectivity index (χ1v) is 2.92. The van der Waals surface area contributed by atoms with Crippen molar-refractivity contribution in [1.29, 1.82) is 0 Å². The van der Waals surface area contributed by atoms with E-state index in [2.05, 4.69) is 14.9 Å². The lowest BCUT2D eigenvalue weighted by Crippen LogP contribution is -2.31. The smallest absolute Gasteiger partial charge is 0.337 e. The standard InChI is InChI=1S/C5H8N4O2/c1-3-4(10)9(6)5(11-2)8-7-3/h6H2,1-2H3. The molecule has 11 heavy (non-hydrogen) atoms. The van der Waals surface area contributed by atoms with E-state index in [0.717, 1.165) is 4.68 Å². The molecule has 6 nitrogen and oxygen atoms in total. The van der Waals surface area contributed by atoms with Crippen LogP contribution in [-0.2, 0) is 0 Å². The van der Waals surface area contributed by atoms with Crippen LogP contribution in [0, 0.1) is 6.92 Å². The zero-order valence-electron chi connectivity index (χ0n) is 6.24. The number of hydrogen-bond acceptors (Lipinski definition) is 5. The minimum atomic E-state index is -0.406. The normalized spacial score (nSPS) is 9.64. The Morgan fingerprint density at radius 3 is 2.73 bits per heavy atom. The highest BCUT2D eigenvalue weighted by Gasteiger charge is 2.04. The summed E-state index contributed by atoms with van der Waals surface area (Å²) in [5.74, 6) is 5.27. The minimum Gasteiger partial charge on any atom is -0.466 e. The largest absolute Gasteiger partial charge is 0.466 e. The van der Waals surface area contributed by atoms with Crippen LogP contribution in [0.3, 0.4) is 0 Å². The highest BCUT2D eigenvalue weighted by molar-refractivity contribution is 4.99. The number of aryl methyl sites for hydroxylation is 1. The maximum absolute atomic E-state index is 11.0. The molecule has 0 aromatic carbocycles. The molecule has 0 aliphatic heterocycles. The highest BCUT2D eigenvalue weighted by atomic mass is 16.5. The van der Waals surface area contributed by atoms with Crippen molar-refractivity contribution in [3.05, 3.63) is 16.0 Å². The van der Waals surface area contributed by atoms with Crippen LogP contribution >= 0.6 is 0 Å². The molecule has 2 N–H and O–H groups in total. The van der Waals surface area contributed by atoms with Crippen LogP contribution in [-0.4, -0.2) is 22.0 Å². The lowest BCUT2D eigenvalue weighted by molar-refractivity contribution is 0.353. The predicted octanol–water partition coefficient (Wildman–Crippen LogP) is -1.33. The van der Waals surface area contributed by atoms with Crippen LogP contribution in [0.5, 0.6) is 6.01 Å². The zero-order valence-corrected chi connectivity index (χ0v) is 6.24. The van der Waals surface area contributed by atoms with Gasteiger partial charge in [0, 0.05) is 0 Å². The number of aromatic nitrogens is 3. The fraction of sp³-hybridized carbons (Fsp3) is 0.400. The van der Waals surface area contributed by atoms with Crippen molar-refractivity contribution in [2.75, 3.05) is 13.0 Å². The van der Waals surface area contributed by atoms with Crippen molar-refractivity contribution in [3.63, 3.8) is 0 Å². The van der Waals surface area contributed by atoms with Gasteiger partial charge in [-0.15, -0.1) is 5.10 Å². The van der Waals surface area contributed by atoms with Crippen molar-refractivity contribution in [3.8, 4) is 6.01 Å². The maximum Gasteiger partial charge on any atom is 0.337 e. The van der Waals surface area contributed by atoms with E-state index in [1.54, 1.807) is 0 Å². The van der Waals surface area contributed by atoms with Crippen LogP contribution in [0.2, 0.25) is 0 Å². The Balaban J connectivity index is 3.37. The van der Waals surface area contributed by atoms with Crippen LogP contribution in [0.1, 0.15) is 5.69 Å². The van der Waals surface area contributed by atoms with E-state index in [9.17, 15) is 4.79 Å². The second-order valence-corrected chi connectivity index (χ2v) is 1.95. The fourth-order valence-electron chi connectivity index (χ4n) is 0.609. The van der Waals surface area contributed by atoms with Crippen molar-refractivity contribution < 1.29 is 4.74 Å². The summed E-state index contributed by atoms with van der Waals surface area (Å²) in [5.41, 5.74) is -0.162. The van der Waals surface area contributed by atoms with Gasteiger partial charge in [-0.25, -0.2) is 0 Å². The minimum absolute atomic E-state index is 0.000556. The first-order chi connectivity index (χ1) is 5.16. The molecule has 0 aliphatic carbocycles. The van der Waals surface area contributed by atoms with Gasteiger partial charge < -0.3 is 10.6 Å². The van der Waals surface area contributed by atoms with E-state index >= 15 is 0 Å². The molecule has 1 heterocycles. The maximum atomic E-state index is 11.0. The molecule has 0 aliphatic rings. The lowest BCUT2D eigenvalue weighted by atomic mass is 10.5. The Kier molecular flexibility index (Phi) is 1.75. The Bertz CT molecular complexity index is 319. The average molecular weight is 156 g/mol. The van der Waals surface area contributed by atoms with E-state index in [1.165, 1.54) is 14.0 Å². The van der Waals surface area contributed by atoms with E-state index in [0.29, 0.717) is 0 Å². The Morgan fingerprint density at radius 2 is 2.18 bits per heavy atom. The molecule has 6 heteroatoms. The molecule has 1 aromatic heterocycles. The predicted molar refractivity (Wildman–Crippen MR) is 37.7 cm³/mol. The van der Waals surface area contributed by atoms with Crippen molar-refractivity contribution in [2.24, 2.45) is 0 Å². The Hall–Kier alpha value is -1.59. The number of ether oxygens (including phenoxy) is 1. The van der Waals surface area contributed by atoms with E-state index in [-0.39, 0.29) is 11.7 Å². The molecule has 0 saturated carbocycles. The molecule has 1 aromatic rings. The van der Waals surface area contributed by atoms with Crippen molar-refractivity contribution in [2.45, 2.75) is 6.92 Å². The number of rotatable bonds is 1. The molecule has 0 spiro atoms. The van der Waals surface area contributed by atoms with E-state index in [1.807, 2.05) is 0 Å².